The second-order valence-corrected chi connectivity index (χ2v) is 5.16. The lowest BCUT2D eigenvalue weighted by Gasteiger charge is -2.11. The molecular formula is C12H9BrCl2N2O. The van der Waals surface area contributed by atoms with Crippen molar-refractivity contribution >= 4 is 44.9 Å². The second-order valence-electron chi connectivity index (χ2n) is 3.50. The van der Waals surface area contributed by atoms with Crippen LogP contribution in [0.3, 0.4) is 0 Å². The molecule has 2 rings (SSSR count). The third-order valence-electron chi connectivity index (χ3n) is 2.31. The van der Waals surface area contributed by atoms with Gasteiger partial charge in [0.25, 0.3) is 0 Å². The molecule has 0 atom stereocenters. The lowest BCUT2D eigenvalue weighted by atomic mass is 10.2. The summed E-state index contributed by atoms with van der Waals surface area (Å²) in [6.45, 7) is 0.229. The second kappa shape index (κ2) is 5.78. The van der Waals surface area contributed by atoms with Crippen molar-refractivity contribution in [2.45, 2.75) is 6.61 Å². The summed E-state index contributed by atoms with van der Waals surface area (Å²) in [5.41, 5.74) is 6.45. The highest BCUT2D eigenvalue weighted by molar-refractivity contribution is 9.10. The number of pyridine rings is 1. The van der Waals surface area contributed by atoms with Gasteiger partial charge in [0, 0.05) is 21.8 Å². The van der Waals surface area contributed by atoms with Gasteiger partial charge in [-0.25, -0.2) is 4.98 Å². The number of benzene rings is 1. The van der Waals surface area contributed by atoms with E-state index < -0.39 is 0 Å². The van der Waals surface area contributed by atoms with E-state index in [0.717, 1.165) is 10.0 Å². The summed E-state index contributed by atoms with van der Waals surface area (Å²) >= 11 is 15.5. The molecule has 0 bridgehead atoms. The zero-order chi connectivity index (χ0) is 13.1. The maximum atomic E-state index is 6.05. The fourth-order valence-electron chi connectivity index (χ4n) is 1.40. The molecule has 6 heteroatoms. The molecule has 18 heavy (non-hydrogen) atoms. The summed E-state index contributed by atoms with van der Waals surface area (Å²) in [6.07, 6.45) is 1.59. The molecular weight excluding hydrogens is 339 g/mol. The van der Waals surface area contributed by atoms with E-state index in [2.05, 4.69) is 20.9 Å². The van der Waals surface area contributed by atoms with Crippen LogP contribution in [-0.2, 0) is 6.61 Å². The molecule has 3 nitrogen and oxygen atoms in total. The van der Waals surface area contributed by atoms with Gasteiger partial charge in [-0.2, -0.15) is 0 Å². The van der Waals surface area contributed by atoms with Gasteiger partial charge in [-0.3, -0.25) is 0 Å². The molecule has 94 valence electrons. The lowest BCUT2D eigenvalue weighted by Crippen LogP contribution is -2.02. The van der Waals surface area contributed by atoms with E-state index >= 15 is 0 Å². The van der Waals surface area contributed by atoms with Crippen molar-refractivity contribution in [1.29, 1.82) is 0 Å². The van der Waals surface area contributed by atoms with Crippen molar-refractivity contribution in [2.24, 2.45) is 0 Å². The van der Waals surface area contributed by atoms with Crippen LogP contribution in [0.5, 0.6) is 5.75 Å². The van der Waals surface area contributed by atoms with Crippen LogP contribution in [0.15, 0.2) is 34.9 Å². The third-order valence-corrected chi connectivity index (χ3v) is 3.64. The summed E-state index contributed by atoms with van der Waals surface area (Å²) in [5, 5.41) is 1.11. The largest absolute Gasteiger partial charge is 0.484 e. The van der Waals surface area contributed by atoms with Gasteiger partial charge >= 0.3 is 0 Å². The number of halogens is 3. The Hall–Kier alpha value is -0.970. The lowest BCUT2D eigenvalue weighted by molar-refractivity contribution is 0.305. The van der Waals surface area contributed by atoms with Crippen molar-refractivity contribution in [2.75, 3.05) is 5.73 Å². The Morgan fingerprint density at radius 1 is 1.22 bits per heavy atom. The Morgan fingerprint density at radius 3 is 2.50 bits per heavy atom. The van der Waals surface area contributed by atoms with Crippen LogP contribution in [0.2, 0.25) is 10.0 Å². The SMILES string of the molecule is Nc1nccc(Br)c1OCc1c(Cl)cccc1Cl. The van der Waals surface area contributed by atoms with Gasteiger partial charge in [-0.05, 0) is 34.1 Å². The Kier molecular flexibility index (Phi) is 4.32. The monoisotopic (exact) mass is 346 g/mol. The molecule has 0 amide bonds. The smallest absolute Gasteiger partial charge is 0.176 e. The molecule has 0 spiro atoms. The molecule has 2 N–H and O–H groups in total. The highest BCUT2D eigenvalue weighted by Gasteiger charge is 2.10. The van der Waals surface area contributed by atoms with Crippen LogP contribution in [0.25, 0.3) is 0 Å². The molecule has 0 saturated heterocycles. The first kappa shape index (κ1) is 13.5. The summed E-state index contributed by atoms with van der Waals surface area (Å²) in [7, 11) is 0. The molecule has 0 aliphatic rings. The average molecular weight is 348 g/mol. The van der Waals surface area contributed by atoms with E-state index in [4.69, 9.17) is 33.7 Å². The first-order valence-corrected chi connectivity index (χ1v) is 6.60. The van der Waals surface area contributed by atoms with Gasteiger partial charge in [0.2, 0.25) is 0 Å². The van der Waals surface area contributed by atoms with Gasteiger partial charge in [-0.1, -0.05) is 29.3 Å². The molecule has 0 radical (unpaired) electrons. The number of hydrogen-bond acceptors (Lipinski definition) is 3. The van der Waals surface area contributed by atoms with Gasteiger partial charge in [0.05, 0.1) is 4.47 Å². The number of nitrogens with two attached hydrogens (primary N) is 1. The van der Waals surface area contributed by atoms with Crippen LogP contribution in [0, 0.1) is 0 Å². The molecule has 1 heterocycles. The summed E-state index contributed by atoms with van der Waals surface area (Å²) in [6, 6.07) is 7.05. The number of ether oxygens (including phenoxy) is 1. The van der Waals surface area contributed by atoms with E-state index in [9.17, 15) is 0 Å². The van der Waals surface area contributed by atoms with Gasteiger partial charge in [-0.15, -0.1) is 0 Å². The first-order valence-electron chi connectivity index (χ1n) is 5.05. The zero-order valence-corrected chi connectivity index (χ0v) is 12.3. The van der Waals surface area contributed by atoms with E-state index in [1.54, 1.807) is 30.5 Å². The quantitative estimate of drug-likeness (QED) is 0.899. The summed E-state index contributed by atoms with van der Waals surface area (Å²) in [4.78, 5) is 3.95. The van der Waals surface area contributed by atoms with Crippen LogP contribution in [0.4, 0.5) is 5.82 Å². The van der Waals surface area contributed by atoms with Crippen LogP contribution >= 0.6 is 39.1 Å². The van der Waals surface area contributed by atoms with Crippen LogP contribution in [0.1, 0.15) is 5.56 Å². The van der Waals surface area contributed by atoms with Crippen LogP contribution < -0.4 is 10.5 Å². The molecule has 0 aliphatic carbocycles. The molecule has 2 aromatic rings. The molecule has 1 aromatic heterocycles. The predicted molar refractivity (Wildman–Crippen MR) is 77.1 cm³/mol. The number of nitrogens with zero attached hydrogens (tertiary/aromatic N) is 1. The fourth-order valence-corrected chi connectivity index (χ4v) is 2.34. The Morgan fingerprint density at radius 2 is 1.89 bits per heavy atom. The van der Waals surface area contributed by atoms with Crippen molar-refractivity contribution in [3.8, 4) is 5.75 Å². The minimum atomic E-state index is 0.229. The van der Waals surface area contributed by atoms with Gasteiger partial charge in [0.15, 0.2) is 11.6 Å². The van der Waals surface area contributed by atoms with Gasteiger partial charge < -0.3 is 10.5 Å². The normalized spacial score (nSPS) is 10.4. The average Bonchev–Trinajstić information content (AvgIpc) is 2.31. The number of hydrogen-bond donors (Lipinski definition) is 1. The minimum absolute atomic E-state index is 0.229. The number of nitrogen functional groups attached to an aromatic ring is 1. The third kappa shape index (κ3) is 2.88. The van der Waals surface area contributed by atoms with E-state index in [-0.39, 0.29) is 6.61 Å². The number of anilines is 1. The van der Waals surface area contributed by atoms with Crippen LogP contribution in [-0.4, -0.2) is 4.98 Å². The number of aromatic nitrogens is 1. The molecule has 0 unspecified atom stereocenters. The summed E-state index contributed by atoms with van der Waals surface area (Å²) < 4.78 is 6.35. The van der Waals surface area contributed by atoms with E-state index in [1.165, 1.54) is 0 Å². The molecule has 0 saturated carbocycles. The standard InChI is InChI=1S/C12H9BrCl2N2O/c13-8-4-5-17-12(16)11(8)18-6-7-9(14)2-1-3-10(7)15/h1-5H,6H2,(H2,16,17). The predicted octanol–water partition coefficient (Wildman–Crippen LogP) is 4.31. The topological polar surface area (TPSA) is 48.1 Å². The first-order chi connectivity index (χ1) is 8.59. The molecule has 0 fully saturated rings. The molecule has 1 aromatic carbocycles. The van der Waals surface area contributed by atoms with E-state index in [1.807, 2.05) is 0 Å². The fraction of sp³-hybridized carbons (Fsp3) is 0.0833. The Labute approximate surface area is 123 Å². The van der Waals surface area contributed by atoms with Gasteiger partial charge in [0.1, 0.15) is 6.61 Å². The minimum Gasteiger partial charge on any atom is -0.484 e. The van der Waals surface area contributed by atoms with Crippen molar-refractivity contribution in [3.63, 3.8) is 0 Å². The number of rotatable bonds is 3. The summed E-state index contributed by atoms with van der Waals surface area (Å²) in [5.74, 6) is 0.793. The van der Waals surface area contributed by atoms with Crippen molar-refractivity contribution in [1.82, 2.24) is 4.98 Å². The maximum absolute atomic E-state index is 6.05. The highest BCUT2D eigenvalue weighted by atomic mass is 79.9. The van der Waals surface area contributed by atoms with E-state index in [0.29, 0.717) is 21.6 Å². The maximum Gasteiger partial charge on any atom is 0.176 e. The van der Waals surface area contributed by atoms with Crippen molar-refractivity contribution in [3.05, 3.63) is 50.5 Å². The Bertz CT molecular complexity index is 486. The Balaban J connectivity index is 2.22. The zero-order valence-electron chi connectivity index (χ0n) is 9.16. The highest BCUT2D eigenvalue weighted by Crippen LogP contribution is 2.32. The molecule has 0 aliphatic heterocycles. The van der Waals surface area contributed by atoms with Crippen molar-refractivity contribution < 1.29 is 4.74 Å².